The number of carbonyl (C=O) groups excluding carboxylic acids is 2. The quantitative estimate of drug-likeness (QED) is 0.192. The lowest BCUT2D eigenvalue weighted by atomic mass is 9.90. The van der Waals surface area contributed by atoms with E-state index in [0.29, 0.717) is 43.9 Å². The Labute approximate surface area is 239 Å². The van der Waals surface area contributed by atoms with Gasteiger partial charge in [0.25, 0.3) is 5.56 Å². The Morgan fingerprint density at radius 1 is 1.10 bits per heavy atom. The SMILES string of the molecule is CCC(C(=O)Nc1nnc(C2CCCCC2)s1)n1cnc2sc(C(=O)OCCOc3ccccc3)c(C)c2c1=O. The number of para-hydroxylation sites is 1. The second kappa shape index (κ2) is 12.7. The molecule has 0 aliphatic heterocycles. The number of amides is 1. The lowest BCUT2D eigenvalue weighted by molar-refractivity contribution is -0.119. The number of aromatic nitrogens is 4. The van der Waals surface area contributed by atoms with Crippen molar-refractivity contribution < 1.29 is 19.1 Å². The van der Waals surface area contributed by atoms with Crippen LogP contribution in [0.2, 0.25) is 0 Å². The topological polar surface area (TPSA) is 125 Å². The number of fused-ring (bicyclic) bond motifs is 1. The number of aryl methyl sites for hydroxylation is 1. The number of hydrogen-bond acceptors (Lipinski definition) is 10. The summed E-state index contributed by atoms with van der Waals surface area (Å²) in [4.78, 5) is 44.7. The highest BCUT2D eigenvalue weighted by atomic mass is 32.1. The van der Waals surface area contributed by atoms with Crippen LogP contribution in [0.3, 0.4) is 0 Å². The van der Waals surface area contributed by atoms with Crippen LogP contribution in [0.5, 0.6) is 5.75 Å². The number of benzene rings is 1. The molecule has 1 aliphatic carbocycles. The number of esters is 1. The first-order chi connectivity index (χ1) is 19.5. The van der Waals surface area contributed by atoms with Crippen molar-refractivity contribution in [1.29, 1.82) is 0 Å². The third-order valence-corrected chi connectivity index (χ3v) is 9.22. The van der Waals surface area contributed by atoms with Gasteiger partial charge in [0.2, 0.25) is 11.0 Å². The lowest BCUT2D eigenvalue weighted by Crippen LogP contribution is -2.33. The van der Waals surface area contributed by atoms with E-state index < -0.39 is 12.0 Å². The van der Waals surface area contributed by atoms with Gasteiger partial charge in [-0.25, -0.2) is 9.78 Å². The monoisotopic (exact) mass is 581 g/mol. The Morgan fingerprint density at radius 3 is 2.62 bits per heavy atom. The fourth-order valence-electron chi connectivity index (χ4n) is 4.93. The molecule has 1 atom stereocenters. The van der Waals surface area contributed by atoms with Gasteiger partial charge in [0, 0.05) is 5.92 Å². The van der Waals surface area contributed by atoms with Gasteiger partial charge in [-0.05, 0) is 43.9 Å². The van der Waals surface area contributed by atoms with Crippen molar-refractivity contribution >= 4 is 49.9 Å². The fraction of sp³-hybridized carbons (Fsp3) is 0.429. The van der Waals surface area contributed by atoms with Crippen LogP contribution < -0.4 is 15.6 Å². The van der Waals surface area contributed by atoms with E-state index in [2.05, 4.69) is 20.5 Å². The lowest BCUT2D eigenvalue weighted by Gasteiger charge is -2.18. The van der Waals surface area contributed by atoms with Gasteiger partial charge in [-0.2, -0.15) is 0 Å². The van der Waals surface area contributed by atoms with Gasteiger partial charge in [-0.3, -0.25) is 19.5 Å². The summed E-state index contributed by atoms with van der Waals surface area (Å²) >= 11 is 2.50. The van der Waals surface area contributed by atoms with Crippen LogP contribution in [-0.2, 0) is 9.53 Å². The van der Waals surface area contributed by atoms with Crippen LogP contribution >= 0.6 is 22.7 Å². The predicted molar refractivity (Wildman–Crippen MR) is 155 cm³/mol. The normalized spacial score (nSPS) is 14.7. The highest BCUT2D eigenvalue weighted by Crippen LogP contribution is 2.35. The van der Waals surface area contributed by atoms with Gasteiger partial charge in [-0.1, -0.05) is 55.7 Å². The Bertz CT molecular complexity index is 1540. The number of hydrogen-bond donors (Lipinski definition) is 1. The molecule has 1 aliphatic rings. The van der Waals surface area contributed by atoms with Crippen molar-refractivity contribution in [3.63, 3.8) is 0 Å². The van der Waals surface area contributed by atoms with Crippen molar-refractivity contribution in [3.05, 3.63) is 62.5 Å². The molecule has 1 amide bonds. The number of rotatable bonds is 10. The van der Waals surface area contributed by atoms with Gasteiger partial charge >= 0.3 is 5.97 Å². The van der Waals surface area contributed by atoms with E-state index in [4.69, 9.17) is 9.47 Å². The van der Waals surface area contributed by atoms with Crippen LogP contribution in [0.4, 0.5) is 5.13 Å². The van der Waals surface area contributed by atoms with Crippen molar-refractivity contribution in [2.75, 3.05) is 18.5 Å². The Hall–Kier alpha value is -3.64. The smallest absolute Gasteiger partial charge is 0.348 e. The van der Waals surface area contributed by atoms with Crippen LogP contribution in [-0.4, -0.2) is 44.8 Å². The zero-order chi connectivity index (χ0) is 28.1. The molecule has 40 heavy (non-hydrogen) atoms. The molecule has 3 aromatic heterocycles. The van der Waals surface area contributed by atoms with Crippen LogP contribution in [0, 0.1) is 6.92 Å². The first-order valence-corrected chi connectivity index (χ1v) is 15.1. The molecule has 1 aromatic carbocycles. The molecular weight excluding hydrogens is 550 g/mol. The molecule has 0 bridgehead atoms. The molecule has 1 unspecified atom stereocenters. The van der Waals surface area contributed by atoms with Crippen molar-refractivity contribution in [1.82, 2.24) is 19.7 Å². The summed E-state index contributed by atoms with van der Waals surface area (Å²) in [6.45, 7) is 3.79. The van der Waals surface area contributed by atoms with E-state index in [1.807, 2.05) is 37.3 Å². The highest BCUT2D eigenvalue weighted by Gasteiger charge is 2.26. The molecule has 4 aromatic rings. The molecule has 3 heterocycles. The Morgan fingerprint density at radius 2 is 1.88 bits per heavy atom. The molecule has 0 spiro atoms. The summed E-state index contributed by atoms with van der Waals surface area (Å²) in [6, 6.07) is 8.45. The number of nitrogens with zero attached hydrogens (tertiary/aromatic N) is 4. The number of carbonyl (C=O) groups is 2. The van der Waals surface area contributed by atoms with Crippen molar-refractivity contribution in [2.45, 2.75) is 64.3 Å². The maximum absolute atomic E-state index is 13.5. The first-order valence-electron chi connectivity index (χ1n) is 13.5. The minimum Gasteiger partial charge on any atom is -0.490 e. The molecule has 0 saturated heterocycles. The minimum atomic E-state index is -0.795. The summed E-state index contributed by atoms with van der Waals surface area (Å²) in [5, 5.41) is 13.0. The van der Waals surface area contributed by atoms with E-state index >= 15 is 0 Å². The van der Waals surface area contributed by atoms with E-state index in [-0.39, 0.29) is 24.7 Å². The Balaban J connectivity index is 1.28. The second-order valence-electron chi connectivity index (χ2n) is 9.68. The molecule has 5 rings (SSSR count). The standard InChI is InChI=1S/C28H31N5O5S2/c1-3-20(23(34)30-28-32-31-24(40-28)18-10-6-4-7-11-18)33-16-29-25-21(26(33)35)17(2)22(39-25)27(36)38-15-14-37-19-12-8-5-9-13-19/h5,8-9,12-13,16,18,20H,3-4,6-7,10-11,14-15H2,1-2H3,(H,30,32,34). The van der Waals surface area contributed by atoms with Crippen LogP contribution in [0.25, 0.3) is 10.2 Å². The zero-order valence-electron chi connectivity index (χ0n) is 22.4. The van der Waals surface area contributed by atoms with E-state index in [1.54, 1.807) is 6.92 Å². The zero-order valence-corrected chi connectivity index (χ0v) is 24.1. The number of thiophene rings is 1. The maximum Gasteiger partial charge on any atom is 0.348 e. The summed E-state index contributed by atoms with van der Waals surface area (Å²) in [5.74, 6) is 0.180. The van der Waals surface area contributed by atoms with Crippen molar-refractivity contribution in [2.24, 2.45) is 0 Å². The average molecular weight is 582 g/mol. The summed E-state index contributed by atoms with van der Waals surface area (Å²) < 4.78 is 12.3. The van der Waals surface area contributed by atoms with Gasteiger partial charge in [0.05, 0.1) is 11.7 Å². The Kier molecular flexibility index (Phi) is 8.85. The molecule has 1 saturated carbocycles. The largest absolute Gasteiger partial charge is 0.490 e. The van der Waals surface area contributed by atoms with E-state index in [0.717, 1.165) is 29.2 Å². The number of anilines is 1. The fourth-order valence-corrected chi connectivity index (χ4v) is 6.88. The number of ether oxygens (including phenoxy) is 2. The summed E-state index contributed by atoms with van der Waals surface area (Å²) in [6.07, 6.45) is 7.55. The van der Waals surface area contributed by atoms with E-state index in [9.17, 15) is 14.4 Å². The summed E-state index contributed by atoms with van der Waals surface area (Å²) in [7, 11) is 0. The second-order valence-corrected chi connectivity index (χ2v) is 11.7. The molecule has 10 nitrogen and oxygen atoms in total. The molecule has 1 N–H and O–H groups in total. The molecule has 210 valence electrons. The third-order valence-electron chi connectivity index (χ3n) is 7.04. The maximum atomic E-state index is 13.5. The molecule has 12 heteroatoms. The molecular formula is C28H31N5O5S2. The van der Waals surface area contributed by atoms with Crippen LogP contribution in [0.1, 0.15) is 77.7 Å². The number of nitrogens with one attached hydrogen (secondary N) is 1. The molecule has 0 radical (unpaired) electrons. The van der Waals surface area contributed by atoms with Crippen LogP contribution in [0.15, 0.2) is 41.5 Å². The first kappa shape index (κ1) is 27.9. The van der Waals surface area contributed by atoms with Gasteiger partial charge in [-0.15, -0.1) is 21.5 Å². The minimum absolute atomic E-state index is 0.0607. The third kappa shape index (κ3) is 6.07. The highest BCUT2D eigenvalue weighted by molar-refractivity contribution is 7.20. The predicted octanol–water partition coefficient (Wildman–Crippen LogP) is 5.49. The summed E-state index contributed by atoms with van der Waals surface area (Å²) in [5.41, 5.74) is 0.102. The van der Waals surface area contributed by atoms with Crippen molar-refractivity contribution in [3.8, 4) is 5.75 Å². The molecule has 1 fully saturated rings. The van der Waals surface area contributed by atoms with Gasteiger partial charge in [0.15, 0.2) is 0 Å². The van der Waals surface area contributed by atoms with Gasteiger partial charge < -0.3 is 9.47 Å². The average Bonchev–Trinajstić information content (AvgIpc) is 3.58. The van der Waals surface area contributed by atoms with Gasteiger partial charge in [0.1, 0.15) is 39.7 Å². The van der Waals surface area contributed by atoms with E-state index in [1.165, 1.54) is 41.5 Å².